The van der Waals surface area contributed by atoms with E-state index in [1.54, 1.807) is 19.5 Å². The lowest BCUT2D eigenvalue weighted by molar-refractivity contribution is -0.136. The third-order valence-electron chi connectivity index (χ3n) is 6.86. The molecule has 1 N–H and O–H groups in total. The number of aryl methyl sites for hydroxylation is 1. The van der Waals surface area contributed by atoms with Crippen LogP contribution >= 0.6 is 0 Å². The molecule has 2 aromatic carbocycles. The number of aromatic nitrogens is 4. The van der Waals surface area contributed by atoms with Crippen molar-refractivity contribution in [2.45, 2.75) is 31.7 Å². The van der Waals surface area contributed by atoms with Gasteiger partial charge in [-0.05, 0) is 53.0 Å². The van der Waals surface area contributed by atoms with E-state index in [9.17, 15) is 13.2 Å². The number of halogens is 3. The Hall–Kier alpha value is -3.02. The van der Waals surface area contributed by atoms with Crippen molar-refractivity contribution < 1.29 is 22.3 Å². The van der Waals surface area contributed by atoms with Crippen molar-refractivity contribution >= 4 is 29.8 Å². The molecule has 0 spiro atoms. The smallest absolute Gasteiger partial charge is 0.420 e. The molecule has 0 saturated carbocycles. The highest BCUT2D eigenvalue weighted by Crippen LogP contribution is 2.39. The molecule has 4 aromatic rings. The van der Waals surface area contributed by atoms with Crippen molar-refractivity contribution in [3.63, 3.8) is 0 Å². The minimum absolute atomic E-state index is 0.177. The number of hydrogen-bond acceptors (Lipinski definition) is 6. The average molecular weight is 516 g/mol. The molecule has 0 amide bonds. The van der Waals surface area contributed by atoms with E-state index in [4.69, 9.17) is 9.15 Å². The van der Waals surface area contributed by atoms with Gasteiger partial charge in [-0.1, -0.05) is 19.1 Å². The van der Waals surface area contributed by atoms with E-state index < -0.39 is 19.8 Å². The van der Waals surface area contributed by atoms with Gasteiger partial charge in [-0.15, -0.1) is 10.2 Å². The highest BCUT2D eigenvalue weighted by atomic mass is 28.3. The molecule has 1 fully saturated rings. The number of fused-ring (bicyclic) bond motifs is 1. The molecule has 0 aliphatic carbocycles. The molecule has 5 rings (SSSR count). The van der Waals surface area contributed by atoms with Crippen molar-refractivity contribution in [2.75, 3.05) is 20.3 Å². The molecule has 0 radical (unpaired) electrons. The maximum absolute atomic E-state index is 13.9. The molecule has 7 nitrogen and oxygen atoms in total. The van der Waals surface area contributed by atoms with Crippen LogP contribution in [0.1, 0.15) is 18.1 Å². The highest BCUT2D eigenvalue weighted by molar-refractivity contribution is 7.03. The van der Waals surface area contributed by atoms with Crippen LogP contribution in [0.2, 0.25) is 12.1 Å². The summed E-state index contributed by atoms with van der Waals surface area (Å²) in [6, 6.07) is 12.7. The van der Waals surface area contributed by atoms with E-state index in [0.717, 1.165) is 28.8 Å². The molecule has 11 heteroatoms. The summed E-state index contributed by atoms with van der Waals surface area (Å²) in [5.41, 5.74) is 1.27. The lowest BCUT2D eigenvalue weighted by Crippen LogP contribution is -2.68. The summed E-state index contributed by atoms with van der Waals surface area (Å²) in [4.78, 5) is 4.49. The largest absolute Gasteiger partial charge is 0.435 e. The number of nitrogens with zero attached hydrogens (tertiary/aromatic N) is 4. The Bertz CT molecular complexity index is 1380. The molecule has 2 aromatic heterocycles. The molecule has 0 bridgehead atoms. The Morgan fingerprint density at radius 3 is 2.69 bits per heavy atom. The van der Waals surface area contributed by atoms with Crippen LogP contribution in [0.3, 0.4) is 0 Å². The zero-order valence-electron chi connectivity index (χ0n) is 20.4. The van der Waals surface area contributed by atoms with Gasteiger partial charge in [0.05, 0.1) is 6.61 Å². The van der Waals surface area contributed by atoms with Crippen LogP contribution in [0.5, 0.6) is 0 Å². The van der Waals surface area contributed by atoms with Crippen molar-refractivity contribution in [1.82, 2.24) is 25.1 Å². The third-order valence-corrected chi connectivity index (χ3v) is 12.4. The van der Waals surface area contributed by atoms with Crippen LogP contribution in [0.4, 0.5) is 13.2 Å². The van der Waals surface area contributed by atoms with Crippen molar-refractivity contribution in [3.8, 4) is 11.5 Å². The molecule has 36 heavy (non-hydrogen) atoms. The molecule has 190 valence electrons. The molecule has 0 unspecified atom stereocenters. The maximum atomic E-state index is 13.9. The fourth-order valence-electron chi connectivity index (χ4n) is 5.28. The molecule has 1 aliphatic heterocycles. The Kier molecular flexibility index (Phi) is 6.47. The first-order chi connectivity index (χ1) is 17.2. The van der Waals surface area contributed by atoms with Crippen LogP contribution in [0.25, 0.3) is 22.6 Å². The van der Waals surface area contributed by atoms with Crippen LogP contribution in [-0.4, -0.2) is 48.1 Å². The Morgan fingerprint density at radius 1 is 1.22 bits per heavy atom. The second kappa shape index (κ2) is 9.45. The van der Waals surface area contributed by atoms with E-state index in [-0.39, 0.29) is 23.5 Å². The Morgan fingerprint density at radius 2 is 2.03 bits per heavy atom. The van der Waals surface area contributed by atoms with Crippen molar-refractivity contribution in [3.05, 3.63) is 53.9 Å². The molecular weight excluding hydrogens is 487 g/mol. The summed E-state index contributed by atoms with van der Waals surface area (Å²) >= 11 is 0. The maximum Gasteiger partial charge on any atom is 0.420 e. The summed E-state index contributed by atoms with van der Waals surface area (Å²) in [7, 11) is 1.43. The topological polar surface area (TPSA) is 78.0 Å². The van der Waals surface area contributed by atoms with Gasteiger partial charge in [0.15, 0.2) is 13.7 Å². The minimum atomic E-state index is -4.57. The predicted octanol–water partition coefficient (Wildman–Crippen LogP) is 3.59. The highest BCUT2D eigenvalue weighted by Gasteiger charge is 2.51. The number of methoxy groups -OCH3 is 1. The molecule has 3 heterocycles. The molecule has 1 aliphatic rings. The second-order valence-corrected chi connectivity index (χ2v) is 13.6. The van der Waals surface area contributed by atoms with Gasteiger partial charge in [-0.3, -0.25) is 0 Å². The summed E-state index contributed by atoms with van der Waals surface area (Å²) in [5, 5.41) is 12.8. The lowest BCUT2D eigenvalue weighted by Gasteiger charge is -2.43. The van der Waals surface area contributed by atoms with Crippen molar-refractivity contribution in [1.29, 1.82) is 0 Å². The first-order valence-electron chi connectivity index (χ1n) is 11.9. The third kappa shape index (κ3) is 4.46. The average Bonchev–Trinajstić information content (AvgIpc) is 3.45. The van der Waals surface area contributed by atoms with E-state index in [1.807, 2.05) is 29.8 Å². The zero-order valence-corrected chi connectivity index (χ0v) is 21.4. The minimum Gasteiger partial charge on any atom is -0.435 e. The van der Waals surface area contributed by atoms with Gasteiger partial charge in [0.1, 0.15) is 22.9 Å². The number of benzene rings is 2. The fraction of sp³-hybridized carbons (Fsp3) is 0.400. The predicted molar refractivity (Wildman–Crippen MR) is 133 cm³/mol. The van der Waals surface area contributed by atoms with Gasteiger partial charge in [-0.2, -0.15) is 13.2 Å². The van der Waals surface area contributed by atoms with Gasteiger partial charge < -0.3 is 19.0 Å². The molecular formula is C25H28F3N5O2Si. The first-order valence-corrected chi connectivity index (χ1v) is 14.3. The summed E-state index contributed by atoms with van der Waals surface area (Å²) in [6.07, 6.45) is -2.85. The van der Waals surface area contributed by atoms with Gasteiger partial charge in [0.2, 0.25) is 5.89 Å². The number of hydrogen-bond donors (Lipinski definition) is 1. The van der Waals surface area contributed by atoms with Gasteiger partial charge in [-0.25, -0.2) is 4.98 Å². The number of ether oxygens (including phenoxy) is 1. The van der Waals surface area contributed by atoms with E-state index >= 15 is 0 Å². The summed E-state index contributed by atoms with van der Waals surface area (Å²) in [5.74, 6) is 0.767. The number of oxazole rings is 1. The quantitative estimate of drug-likeness (QED) is 0.286. The van der Waals surface area contributed by atoms with Gasteiger partial charge in [0.25, 0.3) is 0 Å². The monoisotopic (exact) mass is 515 g/mol. The second-order valence-electron chi connectivity index (χ2n) is 9.62. The molecule has 1 saturated heterocycles. The number of rotatable bonds is 8. The van der Waals surface area contributed by atoms with Crippen LogP contribution < -0.4 is 16.0 Å². The van der Waals surface area contributed by atoms with Crippen LogP contribution in [0, 0.1) is 5.92 Å². The lowest BCUT2D eigenvalue weighted by atomic mass is 10.1. The standard InChI is InChI=1S/C25H28F3N5O2Si/c1-16-13-36(14-16,24-32-30-15-33(24)2)19-6-4-5-18(11-19)23-31-21-10-17(12-29-7-8-34-3)9-20(22(21)35-23)25(26,27)28/h4-6,9-11,15-16,29H,7-8,12-14H2,1-3H3. The normalized spacial score (nSPS) is 20.1. The van der Waals surface area contributed by atoms with Gasteiger partial charge in [0, 0.05) is 32.8 Å². The summed E-state index contributed by atoms with van der Waals surface area (Å²) in [6.45, 7) is 3.50. The first kappa shape index (κ1) is 24.7. The Balaban J connectivity index is 1.54. The van der Waals surface area contributed by atoms with Gasteiger partial charge >= 0.3 is 6.18 Å². The van der Waals surface area contributed by atoms with E-state index in [1.165, 1.54) is 0 Å². The number of alkyl halides is 3. The van der Waals surface area contributed by atoms with E-state index in [2.05, 4.69) is 33.5 Å². The summed E-state index contributed by atoms with van der Waals surface area (Å²) < 4.78 is 54.5. The Labute approximate surface area is 207 Å². The number of nitrogens with one attached hydrogen (secondary N) is 1. The van der Waals surface area contributed by atoms with Crippen LogP contribution in [-0.2, 0) is 24.5 Å². The van der Waals surface area contributed by atoms with Crippen LogP contribution in [0.15, 0.2) is 47.1 Å². The zero-order chi connectivity index (χ0) is 25.5. The SMILES string of the molecule is COCCNCc1cc(C(F)(F)F)c2oc(-c3cccc([Si]4(c5nncn5C)CC(C)C4)c3)nc2c1. The molecule has 0 atom stereocenters. The fourth-order valence-corrected chi connectivity index (χ4v) is 10.5. The van der Waals surface area contributed by atoms with Crippen molar-refractivity contribution in [2.24, 2.45) is 13.0 Å². The van der Waals surface area contributed by atoms with E-state index in [0.29, 0.717) is 30.2 Å².